The number of hydrogen-bond acceptors (Lipinski definition) is 1. The smallest absolute Gasteiger partial charge is 0.132 e. The van der Waals surface area contributed by atoms with Crippen molar-refractivity contribution in [2.75, 3.05) is 20.7 Å². The average Bonchev–Trinajstić information content (AvgIpc) is 2.87. The summed E-state index contributed by atoms with van der Waals surface area (Å²) in [4.78, 5) is 0. The van der Waals surface area contributed by atoms with Gasteiger partial charge in [-0.05, 0) is 42.8 Å². The lowest BCUT2D eigenvalue weighted by molar-refractivity contribution is 0.304. The first-order valence-corrected chi connectivity index (χ1v) is 14.7. The zero-order valence-electron chi connectivity index (χ0n) is 23.3. The fraction of sp³-hybridized carbons (Fsp3) is 0.636. The maximum absolute atomic E-state index is 5.99. The quantitative estimate of drug-likeness (QED) is 0.127. The summed E-state index contributed by atoms with van der Waals surface area (Å²) in [6.45, 7) is 4.11. The summed E-state index contributed by atoms with van der Waals surface area (Å²) in [7, 11) is 4.52. The van der Waals surface area contributed by atoms with E-state index in [1.54, 1.807) is 0 Å². The molecule has 0 aliphatic carbocycles. The van der Waals surface area contributed by atoms with Crippen LogP contribution < -0.4 is 9.22 Å². The SMILES string of the molecule is CCCCCCCCCCCCCCCCCCOc1ccc(C[N+](C)(C)c2ccccc2)cc1. The molecule has 2 heteroatoms. The van der Waals surface area contributed by atoms with Crippen LogP contribution in [0.1, 0.15) is 115 Å². The van der Waals surface area contributed by atoms with Crippen LogP contribution in [0.2, 0.25) is 0 Å². The minimum atomic E-state index is 0.837. The minimum absolute atomic E-state index is 0.837. The van der Waals surface area contributed by atoms with E-state index in [1.165, 1.54) is 108 Å². The zero-order valence-corrected chi connectivity index (χ0v) is 23.3. The van der Waals surface area contributed by atoms with Crippen molar-refractivity contribution in [3.63, 3.8) is 0 Å². The highest BCUT2D eigenvalue weighted by molar-refractivity contribution is 5.42. The Hall–Kier alpha value is -1.80. The number of unbranched alkanes of at least 4 members (excludes halogenated alkanes) is 15. The summed E-state index contributed by atoms with van der Waals surface area (Å²) in [5.41, 5.74) is 2.67. The molecule has 35 heavy (non-hydrogen) atoms. The van der Waals surface area contributed by atoms with Gasteiger partial charge >= 0.3 is 0 Å². The molecule has 2 nitrogen and oxygen atoms in total. The van der Waals surface area contributed by atoms with Crippen LogP contribution in [-0.4, -0.2) is 20.7 Å². The van der Waals surface area contributed by atoms with Crippen molar-refractivity contribution >= 4 is 5.69 Å². The molecule has 0 bridgehead atoms. The Labute approximate surface area is 217 Å². The van der Waals surface area contributed by atoms with Gasteiger partial charge in [0, 0.05) is 5.56 Å². The third-order valence-electron chi connectivity index (χ3n) is 7.22. The number of para-hydroxylation sites is 1. The first kappa shape index (κ1) is 29.4. The summed E-state index contributed by atoms with van der Waals surface area (Å²) in [6, 6.07) is 19.4. The van der Waals surface area contributed by atoms with Crippen molar-refractivity contribution in [1.82, 2.24) is 4.48 Å². The van der Waals surface area contributed by atoms with Crippen molar-refractivity contribution in [3.8, 4) is 5.75 Å². The van der Waals surface area contributed by atoms with Gasteiger partial charge in [-0.15, -0.1) is 0 Å². The molecule has 0 saturated heterocycles. The van der Waals surface area contributed by atoms with Gasteiger partial charge in [-0.25, -0.2) is 0 Å². The Morgan fingerprint density at radius 3 is 1.49 bits per heavy atom. The number of benzene rings is 2. The van der Waals surface area contributed by atoms with E-state index in [2.05, 4.69) is 75.6 Å². The highest BCUT2D eigenvalue weighted by Gasteiger charge is 2.18. The Morgan fingerprint density at radius 2 is 1.00 bits per heavy atom. The van der Waals surface area contributed by atoms with Crippen molar-refractivity contribution < 1.29 is 4.74 Å². The second kappa shape index (κ2) is 18.5. The number of nitrogens with zero attached hydrogens (tertiary/aromatic N) is 1. The second-order valence-corrected chi connectivity index (χ2v) is 11.0. The molecule has 0 heterocycles. The van der Waals surface area contributed by atoms with E-state index in [-0.39, 0.29) is 0 Å². The van der Waals surface area contributed by atoms with Crippen LogP contribution in [0, 0.1) is 0 Å². The van der Waals surface area contributed by atoms with E-state index in [0.717, 1.165) is 29.8 Å². The predicted octanol–water partition coefficient (Wildman–Crippen LogP) is 10.1. The number of hydrogen-bond donors (Lipinski definition) is 0. The molecule has 0 aliphatic heterocycles. The largest absolute Gasteiger partial charge is 0.494 e. The van der Waals surface area contributed by atoms with Crippen LogP contribution in [-0.2, 0) is 6.54 Å². The number of quaternary nitrogens is 1. The van der Waals surface area contributed by atoms with Crippen LogP contribution in [0.25, 0.3) is 0 Å². The molecule has 0 radical (unpaired) electrons. The molecule has 0 fully saturated rings. The Bertz CT molecular complexity index is 737. The molecular weight excluding hydrogens is 426 g/mol. The minimum Gasteiger partial charge on any atom is -0.494 e. The molecule has 2 aromatic rings. The average molecular weight is 481 g/mol. The molecular formula is C33H54NO+. The highest BCUT2D eigenvalue weighted by atomic mass is 16.5. The van der Waals surface area contributed by atoms with Gasteiger partial charge in [-0.3, -0.25) is 4.48 Å². The molecule has 0 amide bonds. The van der Waals surface area contributed by atoms with Gasteiger partial charge in [0.1, 0.15) is 18.0 Å². The molecule has 2 aromatic carbocycles. The van der Waals surface area contributed by atoms with E-state index in [0.29, 0.717) is 0 Å². The van der Waals surface area contributed by atoms with Gasteiger partial charge in [0.2, 0.25) is 0 Å². The van der Waals surface area contributed by atoms with Crippen molar-refractivity contribution in [1.29, 1.82) is 0 Å². The number of ether oxygens (including phenoxy) is 1. The van der Waals surface area contributed by atoms with Gasteiger partial charge in [-0.1, -0.05) is 121 Å². The lowest BCUT2D eigenvalue weighted by atomic mass is 10.0. The first-order valence-electron chi connectivity index (χ1n) is 14.7. The molecule has 0 N–H and O–H groups in total. The van der Waals surface area contributed by atoms with E-state index in [9.17, 15) is 0 Å². The van der Waals surface area contributed by atoms with E-state index < -0.39 is 0 Å². The maximum Gasteiger partial charge on any atom is 0.132 e. The van der Waals surface area contributed by atoms with Crippen LogP contribution >= 0.6 is 0 Å². The predicted molar refractivity (Wildman–Crippen MR) is 155 cm³/mol. The molecule has 0 aromatic heterocycles. The standard InChI is InChI=1S/C33H54NO/c1-4-5-6-7-8-9-10-11-12-13-14-15-16-17-18-22-29-35-33-27-25-31(26-28-33)30-34(2,3)32-23-20-19-21-24-32/h19-21,23-28H,4-18,22,29-30H2,1-3H3/q+1. The lowest BCUT2D eigenvalue weighted by Gasteiger charge is -2.29. The third-order valence-corrected chi connectivity index (χ3v) is 7.22. The maximum atomic E-state index is 5.99. The monoisotopic (exact) mass is 480 g/mol. The Morgan fingerprint density at radius 1 is 0.543 bits per heavy atom. The Kier molecular flexibility index (Phi) is 15.5. The molecule has 0 saturated carbocycles. The van der Waals surface area contributed by atoms with Gasteiger partial charge in [-0.2, -0.15) is 0 Å². The molecule has 0 aliphatic rings. The van der Waals surface area contributed by atoms with E-state index in [1.807, 2.05) is 0 Å². The molecule has 0 unspecified atom stereocenters. The second-order valence-electron chi connectivity index (χ2n) is 11.0. The summed E-state index contributed by atoms with van der Waals surface area (Å²) < 4.78 is 6.84. The first-order chi connectivity index (χ1) is 17.1. The summed E-state index contributed by atoms with van der Waals surface area (Å²) in [6.07, 6.45) is 22.5. The normalized spacial score (nSPS) is 11.6. The molecule has 0 atom stereocenters. The zero-order chi connectivity index (χ0) is 25.0. The van der Waals surface area contributed by atoms with Crippen molar-refractivity contribution in [2.45, 2.75) is 116 Å². The van der Waals surface area contributed by atoms with Crippen LogP contribution in [0.4, 0.5) is 5.69 Å². The van der Waals surface area contributed by atoms with Gasteiger partial charge in [0.15, 0.2) is 0 Å². The van der Waals surface area contributed by atoms with Crippen LogP contribution in [0.5, 0.6) is 5.75 Å². The molecule has 2 rings (SSSR count). The third kappa shape index (κ3) is 13.8. The molecule has 196 valence electrons. The topological polar surface area (TPSA) is 9.23 Å². The summed E-state index contributed by atoms with van der Waals surface area (Å²) >= 11 is 0. The van der Waals surface area contributed by atoms with Gasteiger partial charge in [0.25, 0.3) is 0 Å². The van der Waals surface area contributed by atoms with Gasteiger partial charge < -0.3 is 4.74 Å². The van der Waals surface area contributed by atoms with Crippen LogP contribution in [0.15, 0.2) is 54.6 Å². The van der Waals surface area contributed by atoms with E-state index in [4.69, 9.17) is 4.74 Å². The summed E-state index contributed by atoms with van der Waals surface area (Å²) in [5, 5.41) is 0. The Balaban J connectivity index is 1.42. The highest BCUT2D eigenvalue weighted by Crippen LogP contribution is 2.23. The van der Waals surface area contributed by atoms with Crippen LogP contribution in [0.3, 0.4) is 0 Å². The fourth-order valence-electron chi connectivity index (χ4n) is 4.91. The van der Waals surface area contributed by atoms with E-state index >= 15 is 0 Å². The number of rotatable bonds is 21. The lowest BCUT2D eigenvalue weighted by Crippen LogP contribution is -2.39. The summed E-state index contributed by atoms with van der Waals surface area (Å²) in [5.74, 6) is 1.000. The van der Waals surface area contributed by atoms with Crippen molar-refractivity contribution in [2.24, 2.45) is 0 Å². The van der Waals surface area contributed by atoms with Crippen molar-refractivity contribution in [3.05, 3.63) is 60.2 Å². The molecule has 0 spiro atoms. The fourth-order valence-corrected chi connectivity index (χ4v) is 4.91. The van der Waals surface area contributed by atoms with Gasteiger partial charge in [0.05, 0.1) is 20.7 Å².